The summed E-state index contributed by atoms with van der Waals surface area (Å²) in [7, 11) is 1.62. The van der Waals surface area contributed by atoms with Gasteiger partial charge >= 0.3 is 0 Å². The number of hydrogen-bond acceptors (Lipinski definition) is 5. The standard InChI is InChI=1S/C38H45NO4/c1-26-7-6-19-37(2)35(18-20-38(37,42)25-39-23-29-8-4-5-9-30(29)24-39)33-17-11-27(21-31(40)14-10-26)22-34(33)36(41)28-12-15-32(43-3)16-13-28/h4-5,7-9,11-13,15-17,22,31,35,40,42H,6,10,14,18-21,23-25H2,1-3H3. The van der Waals surface area contributed by atoms with E-state index in [1.54, 1.807) is 7.11 Å². The van der Waals surface area contributed by atoms with Gasteiger partial charge in [0.05, 0.1) is 18.8 Å². The van der Waals surface area contributed by atoms with Crippen LogP contribution in [0.2, 0.25) is 0 Å². The smallest absolute Gasteiger partial charge is 0.193 e. The van der Waals surface area contributed by atoms with Crippen molar-refractivity contribution in [3.05, 3.63) is 112 Å². The number of ketones is 1. The lowest BCUT2D eigenvalue weighted by molar-refractivity contribution is -0.0845. The molecule has 0 spiro atoms. The largest absolute Gasteiger partial charge is 0.497 e. The second kappa shape index (κ2) is 12.0. The molecule has 1 fully saturated rings. The van der Waals surface area contributed by atoms with E-state index in [1.165, 1.54) is 16.7 Å². The van der Waals surface area contributed by atoms with E-state index in [1.807, 2.05) is 30.3 Å². The fourth-order valence-corrected chi connectivity index (χ4v) is 7.98. The van der Waals surface area contributed by atoms with Crippen LogP contribution in [0.3, 0.4) is 0 Å². The first-order chi connectivity index (χ1) is 20.7. The van der Waals surface area contributed by atoms with Crippen molar-refractivity contribution >= 4 is 5.78 Å². The zero-order valence-electron chi connectivity index (χ0n) is 25.8. The molecule has 3 aromatic carbocycles. The van der Waals surface area contributed by atoms with Crippen LogP contribution in [0.5, 0.6) is 5.75 Å². The van der Waals surface area contributed by atoms with Crippen LogP contribution in [-0.2, 0) is 19.5 Å². The molecule has 3 aromatic rings. The molecule has 7 rings (SSSR count). The van der Waals surface area contributed by atoms with Crippen molar-refractivity contribution in [1.29, 1.82) is 0 Å². The lowest BCUT2D eigenvalue weighted by Crippen LogP contribution is -2.51. The van der Waals surface area contributed by atoms with Gasteiger partial charge in [-0.2, -0.15) is 0 Å². The van der Waals surface area contributed by atoms with Crippen molar-refractivity contribution < 1.29 is 19.7 Å². The van der Waals surface area contributed by atoms with Crippen molar-refractivity contribution in [2.75, 3.05) is 13.7 Å². The molecule has 1 heterocycles. The Balaban J connectivity index is 1.40. The Hall–Kier alpha value is -3.25. The average Bonchev–Trinajstić information content (AvgIpc) is 3.52. The van der Waals surface area contributed by atoms with Gasteiger partial charge in [-0.05, 0) is 110 Å². The number of β-amino-alcohol motifs (C(OH)–C–C–N with tert-alkyl or cyclic N) is 1. The van der Waals surface area contributed by atoms with E-state index in [9.17, 15) is 15.0 Å². The molecule has 2 bridgehead atoms. The Morgan fingerprint density at radius 3 is 2.42 bits per heavy atom. The molecule has 1 saturated carbocycles. The molecule has 2 N–H and O–H groups in total. The lowest BCUT2D eigenvalue weighted by atomic mass is 9.64. The number of ether oxygens (including phenoxy) is 1. The van der Waals surface area contributed by atoms with Crippen molar-refractivity contribution in [1.82, 2.24) is 4.90 Å². The number of aliphatic hydroxyl groups excluding tert-OH is 1. The fourth-order valence-electron chi connectivity index (χ4n) is 7.98. The Bertz CT molecular complexity index is 1490. The van der Waals surface area contributed by atoms with Crippen LogP contribution in [0.25, 0.3) is 0 Å². The third kappa shape index (κ3) is 5.83. The molecule has 5 nitrogen and oxygen atoms in total. The highest BCUT2D eigenvalue weighted by molar-refractivity contribution is 6.10. The maximum Gasteiger partial charge on any atom is 0.193 e. The maximum absolute atomic E-state index is 14.2. The van der Waals surface area contributed by atoms with E-state index in [-0.39, 0.29) is 11.7 Å². The Labute approximate surface area is 256 Å². The normalized spacial score (nSPS) is 27.7. The van der Waals surface area contributed by atoms with Crippen LogP contribution < -0.4 is 4.74 Å². The van der Waals surface area contributed by atoms with Crippen molar-refractivity contribution in [2.45, 2.75) is 89.5 Å². The minimum atomic E-state index is -0.895. The van der Waals surface area contributed by atoms with E-state index < -0.39 is 17.1 Å². The molecule has 4 aliphatic rings. The third-order valence-corrected chi connectivity index (χ3v) is 10.7. The number of fused-ring (bicyclic) bond motifs is 9. The monoisotopic (exact) mass is 579 g/mol. The van der Waals surface area contributed by atoms with E-state index in [0.29, 0.717) is 42.7 Å². The van der Waals surface area contributed by atoms with E-state index in [4.69, 9.17) is 4.74 Å². The molecule has 3 aliphatic carbocycles. The predicted octanol–water partition coefficient (Wildman–Crippen LogP) is 6.98. The zero-order chi connectivity index (χ0) is 30.2. The average molecular weight is 580 g/mol. The number of methoxy groups -OCH3 is 1. The van der Waals surface area contributed by atoms with Gasteiger partial charge in [-0.25, -0.2) is 0 Å². The van der Waals surface area contributed by atoms with Gasteiger partial charge in [0, 0.05) is 36.2 Å². The van der Waals surface area contributed by atoms with Gasteiger partial charge in [0.1, 0.15) is 5.75 Å². The number of allylic oxidation sites excluding steroid dienone is 2. The molecule has 1 aliphatic heterocycles. The number of rotatable bonds is 5. The molecule has 0 aromatic heterocycles. The maximum atomic E-state index is 14.2. The predicted molar refractivity (Wildman–Crippen MR) is 170 cm³/mol. The summed E-state index contributed by atoms with van der Waals surface area (Å²) in [5.41, 5.74) is 5.94. The highest BCUT2D eigenvalue weighted by atomic mass is 16.5. The Morgan fingerprint density at radius 1 is 1.00 bits per heavy atom. The minimum absolute atomic E-state index is 0.0234. The van der Waals surface area contributed by atoms with Gasteiger partial charge in [0.15, 0.2) is 5.78 Å². The van der Waals surface area contributed by atoms with Crippen LogP contribution in [0.1, 0.15) is 96.5 Å². The highest BCUT2D eigenvalue weighted by Crippen LogP contribution is 2.59. The summed E-state index contributed by atoms with van der Waals surface area (Å²) in [5.74, 6) is 0.712. The Kier molecular flexibility index (Phi) is 8.34. The molecule has 0 amide bonds. The van der Waals surface area contributed by atoms with Crippen LogP contribution in [0, 0.1) is 5.41 Å². The lowest BCUT2D eigenvalue weighted by Gasteiger charge is -2.45. The van der Waals surface area contributed by atoms with E-state index in [2.05, 4.69) is 61.2 Å². The van der Waals surface area contributed by atoms with Crippen molar-refractivity contribution in [3.8, 4) is 5.75 Å². The quantitative estimate of drug-likeness (QED) is 0.252. The summed E-state index contributed by atoms with van der Waals surface area (Å²) in [6.07, 6.45) is 7.07. The summed E-state index contributed by atoms with van der Waals surface area (Å²) in [6, 6.07) is 22.1. The highest BCUT2D eigenvalue weighted by Gasteiger charge is 2.57. The molecular weight excluding hydrogens is 534 g/mol. The summed E-state index contributed by atoms with van der Waals surface area (Å²) >= 11 is 0. The van der Waals surface area contributed by atoms with Crippen molar-refractivity contribution in [2.24, 2.45) is 5.41 Å². The first kappa shape index (κ1) is 29.8. The number of carbonyl (C=O) groups is 1. The second-order valence-electron chi connectivity index (χ2n) is 13.4. The number of hydrogen-bond donors (Lipinski definition) is 2. The zero-order valence-corrected chi connectivity index (χ0v) is 25.8. The van der Waals surface area contributed by atoms with E-state index >= 15 is 0 Å². The van der Waals surface area contributed by atoms with Gasteiger partial charge in [-0.3, -0.25) is 9.69 Å². The van der Waals surface area contributed by atoms with Crippen LogP contribution in [0.15, 0.2) is 78.4 Å². The summed E-state index contributed by atoms with van der Waals surface area (Å²) < 4.78 is 5.34. The molecule has 0 saturated heterocycles. The SMILES string of the molecule is COc1ccc(C(=O)c2cc3ccc2C2CCC(O)(CN4Cc5ccccc5C4)C2(C)CCC=C(C)CCC(O)C3)cc1. The number of nitrogens with zero attached hydrogens (tertiary/aromatic N) is 1. The number of benzene rings is 3. The first-order valence-corrected chi connectivity index (χ1v) is 15.9. The van der Waals surface area contributed by atoms with E-state index in [0.717, 1.165) is 49.9 Å². The summed E-state index contributed by atoms with van der Waals surface area (Å²) in [6.45, 7) is 6.75. The third-order valence-electron chi connectivity index (χ3n) is 10.7. The fraction of sp³-hybridized carbons (Fsp3) is 0.447. The molecule has 226 valence electrons. The number of aliphatic hydroxyl groups is 2. The molecule has 5 heteroatoms. The van der Waals surface area contributed by atoms with Gasteiger partial charge in [-0.15, -0.1) is 0 Å². The molecule has 0 radical (unpaired) electrons. The van der Waals surface area contributed by atoms with Gasteiger partial charge in [-0.1, -0.05) is 55.0 Å². The minimum Gasteiger partial charge on any atom is -0.497 e. The van der Waals surface area contributed by atoms with Crippen LogP contribution in [0.4, 0.5) is 0 Å². The summed E-state index contributed by atoms with van der Waals surface area (Å²) in [4.78, 5) is 16.6. The molecular formula is C38H45NO4. The second-order valence-corrected chi connectivity index (χ2v) is 13.4. The van der Waals surface area contributed by atoms with Gasteiger partial charge in [0.2, 0.25) is 0 Å². The van der Waals surface area contributed by atoms with Gasteiger partial charge in [0.25, 0.3) is 0 Å². The topological polar surface area (TPSA) is 70.0 Å². The molecule has 4 unspecified atom stereocenters. The molecule has 4 atom stereocenters. The summed E-state index contributed by atoms with van der Waals surface area (Å²) in [5, 5.41) is 23.5. The van der Waals surface area contributed by atoms with Crippen LogP contribution >= 0.6 is 0 Å². The van der Waals surface area contributed by atoms with Gasteiger partial charge < -0.3 is 14.9 Å². The van der Waals surface area contributed by atoms with Crippen molar-refractivity contribution in [3.63, 3.8) is 0 Å². The first-order valence-electron chi connectivity index (χ1n) is 15.9. The Morgan fingerprint density at radius 2 is 1.72 bits per heavy atom. The molecule has 43 heavy (non-hydrogen) atoms. The number of carbonyl (C=O) groups excluding carboxylic acids is 1. The van der Waals surface area contributed by atoms with Crippen LogP contribution in [-0.4, -0.2) is 46.3 Å².